The number of benzene rings is 4. The standard InChI is InChI=1S/4C9H11.V/c4*1-7-4-8(2)6-9(3)5-7;/h4*4-5H,1-3H3;. The first kappa shape index (κ1) is 27.5. The molecule has 1 heteroatoms. The molecule has 0 saturated heterocycles. The number of aryl methyl sites for hydroxylation is 12. The van der Waals surface area contributed by atoms with Gasteiger partial charge < -0.3 is 0 Å². The van der Waals surface area contributed by atoms with Gasteiger partial charge in [0.05, 0.1) is 0 Å². The molecule has 37 heavy (non-hydrogen) atoms. The van der Waals surface area contributed by atoms with E-state index < -0.39 is 14.0 Å². The molecule has 4 rings (SSSR count). The van der Waals surface area contributed by atoms with E-state index in [2.05, 4.69) is 132 Å². The average molecular weight is 528 g/mol. The van der Waals surface area contributed by atoms with Gasteiger partial charge in [-0.25, -0.2) is 0 Å². The topological polar surface area (TPSA) is 0 Å². The minimum absolute atomic E-state index is 1.35. The van der Waals surface area contributed by atoms with Gasteiger partial charge in [-0.2, -0.15) is 0 Å². The van der Waals surface area contributed by atoms with Crippen LogP contribution in [-0.4, -0.2) is 0 Å². The molecule has 4 aromatic rings. The van der Waals surface area contributed by atoms with Crippen molar-refractivity contribution in [3.05, 3.63) is 115 Å². The average Bonchev–Trinajstić information content (AvgIpc) is 2.70. The summed E-state index contributed by atoms with van der Waals surface area (Å²) in [6.07, 6.45) is 0. The van der Waals surface area contributed by atoms with E-state index in [1.165, 1.54) is 66.8 Å². The maximum absolute atomic E-state index is 3.30. The van der Waals surface area contributed by atoms with Crippen molar-refractivity contribution in [1.82, 2.24) is 0 Å². The molecule has 0 atom stereocenters. The SMILES string of the molecule is Cc1cc(C)[c]([V]([c]2c(C)cc(C)cc2C)([c]2c(C)cc(C)cc2C)[c]2c(C)cc(C)cc2C)c(C)c1. The van der Waals surface area contributed by atoms with E-state index >= 15 is 0 Å². The third kappa shape index (κ3) is 4.54. The second kappa shape index (κ2) is 9.97. The molecule has 0 aliphatic carbocycles. The Morgan fingerprint density at radius 1 is 0.270 bits per heavy atom. The van der Waals surface area contributed by atoms with Gasteiger partial charge in [-0.3, -0.25) is 0 Å². The van der Waals surface area contributed by atoms with Crippen LogP contribution >= 0.6 is 0 Å². The van der Waals surface area contributed by atoms with Crippen LogP contribution in [0, 0.1) is 83.1 Å². The van der Waals surface area contributed by atoms with Crippen LogP contribution in [0.5, 0.6) is 0 Å². The van der Waals surface area contributed by atoms with E-state index in [9.17, 15) is 0 Å². The van der Waals surface area contributed by atoms with E-state index in [0.717, 1.165) is 0 Å². The Morgan fingerprint density at radius 3 is 0.541 bits per heavy atom. The predicted octanol–water partition coefficient (Wildman–Crippen LogP) is 7.14. The van der Waals surface area contributed by atoms with Gasteiger partial charge in [0.15, 0.2) is 0 Å². The van der Waals surface area contributed by atoms with Crippen LogP contribution in [0.15, 0.2) is 48.5 Å². The summed E-state index contributed by atoms with van der Waals surface area (Å²) in [5, 5.41) is 0. The summed E-state index contributed by atoms with van der Waals surface area (Å²) in [7, 11) is 0. The van der Waals surface area contributed by atoms with Crippen LogP contribution in [0.2, 0.25) is 0 Å². The van der Waals surface area contributed by atoms with E-state index in [1.54, 1.807) is 17.1 Å². The van der Waals surface area contributed by atoms with Gasteiger partial charge in [0.25, 0.3) is 0 Å². The first-order valence-corrected chi connectivity index (χ1v) is 16.3. The summed E-state index contributed by atoms with van der Waals surface area (Å²) in [5.41, 5.74) is 16.9. The third-order valence-corrected chi connectivity index (χ3v) is 16.5. The monoisotopic (exact) mass is 527 g/mol. The second-order valence-corrected chi connectivity index (χ2v) is 16.5. The van der Waals surface area contributed by atoms with Gasteiger partial charge in [-0.05, 0) is 0 Å². The van der Waals surface area contributed by atoms with Crippen LogP contribution < -0.4 is 17.1 Å². The Balaban J connectivity index is 2.46. The first-order valence-electron chi connectivity index (χ1n) is 13.5. The molecule has 0 spiro atoms. The fraction of sp³-hybridized carbons (Fsp3) is 0.333. The van der Waals surface area contributed by atoms with E-state index in [-0.39, 0.29) is 0 Å². The van der Waals surface area contributed by atoms with Crippen molar-refractivity contribution < 1.29 is 14.0 Å². The molecule has 0 radical (unpaired) electrons. The zero-order chi connectivity index (χ0) is 27.4. The van der Waals surface area contributed by atoms with Crippen LogP contribution in [0.3, 0.4) is 0 Å². The molecule has 0 nitrogen and oxygen atoms in total. The third-order valence-electron chi connectivity index (χ3n) is 7.88. The van der Waals surface area contributed by atoms with Crippen LogP contribution in [0.25, 0.3) is 0 Å². The van der Waals surface area contributed by atoms with Crippen molar-refractivity contribution in [2.75, 3.05) is 0 Å². The van der Waals surface area contributed by atoms with Crippen molar-refractivity contribution in [1.29, 1.82) is 0 Å². The van der Waals surface area contributed by atoms with Gasteiger partial charge in [0, 0.05) is 0 Å². The molecule has 4 aromatic carbocycles. The molecule has 0 fully saturated rings. The molecule has 0 N–H and O–H groups in total. The van der Waals surface area contributed by atoms with Gasteiger partial charge in [-0.15, -0.1) is 0 Å². The molecule has 0 aliphatic heterocycles. The molecular weight excluding hydrogens is 483 g/mol. The summed E-state index contributed by atoms with van der Waals surface area (Å²) >= 11 is -3.30. The fourth-order valence-corrected chi connectivity index (χ4v) is 17.0. The second-order valence-electron chi connectivity index (χ2n) is 11.7. The molecule has 0 amide bonds. The van der Waals surface area contributed by atoms with Gasteiger partial charge in [-0.1, -0.05) is 0 Å². The Bertz CT molecular complexity index is 1210. The Kier molecular flexibility index (Phi) is 7.41. The summed E-state index contributed by atoms with van der Waals surface area (Å²) in [5.74, 6) is 0. The van der Waals surface area contributed by atoms with Gasteiger partial charge in [0.2, 0.25) is 0 Å². The van der Waals surface area contributed by atoms with E-state index in [4.69, 9.17) is 0 Å². The summed E-state index contributed by atoms with van der Waals surface area (Å²) in [6.45, 7) is 27.9. The zero-order valence-corrected chi connectivity index (χ0v) is 26.5. The summed E-state index contributed by atoms with van der Waals surface area (Å²) in [6, 6.07) is 19.4. The number of hydrogen-bond acceptors (Lipinski definition) is 0. The molecular formula is C36H44V. The van der Waals surface area contributed by atoms with Crippen molar-refractivity contribution >= 4 is 17.1 Å². The van der Waals surface area contributed by atoms with Crippen molar-refractivity contribution in [2.45, 2.75) is 83.1 Å². The van der Waals surface area contributed by atoms with Crippen LogP contribution in [-0.2, 0) is 14.0 Å². The quantitative estimate of drug-likeness (QED) is 0.265. The number of rotatable bonds is 4. The minimum atomic E-state index is -3.30. The zero-order valence-electron chi connectivity index (χ0n) is 25.1. The van der Waals surface area contributed by atoms with Gasteiger partial charge in [0.1, 0.15) is 0 Å². The molecule has 0 bridgehead atoms. The molecule has 0 unspecified atom stereocenters. The first-order chi connectivity index (χ1) is 17.3. The number of hydrogen-bond donors (Lipinski definition) is 0. The van der Waals surface area contributed by atoms with E-state index in [0.29, 0.717) is 0 Å². The molecule has 193 valence electrons. The molecule has 0 heterocycles. The summed E-state index contributed by atoms with van der Waals surface area (Å²) < 4.78 is 6.40. The molecule has 0 saturated carbocycles. The fourth-order valence-electron chi connectivity index (χ4n) is 7.48. The Morgan fingerprint density at radius 2 is 0.405 bits per heavy atom. The molecule has 0 aromatic heterocycles. The molecule has 0 aliphatic rings. The van der Waals surface area contributed by atoms with Gasteiger partial charge >= 0.3 is 230 Å². The maximum atomic E-state index is 2.43. The predicted molar refractivity (Wildman–Crippen MR) is 161 cm³/mol. The van der Waals surface area contributed by atoms with E-state index in [1.807, 2.05) is 0 Å². The Hall–Kier alpha value is -2.54. The Labute approximate surface area is 228 Å². The van der Waals surface area contributed by atoms with Crippen molar-refractivity contribution in [2.24, 2.45) is 0 Å². The summed E-state index contributed by atoms with van der Waals surface area (Å²) in [4.78, 5) is 0. The van der Waals surface area contributed by atoms with Crippen molar-refractivity contribution in [3.8, 4) is 0 Å². The normalized spacial score (nSPS) is 11.8. The van der Waals surface area contributed by atoms with Crippen molar-refractivity contribution in [3.63, 3.8) is 0 Å². The van der Waals surface area contributed by atoms with Crippen LogP contribution in [0.1, 0.15) is 66.8 Å². The van der Waals surface area contributed by atoms with Crippen LogP contribution in [0.4, 0.5) is 0 Å².